The van der Waals surface area contributed by atoms with Crippen molar-refractivity contribution in [1.82, 2.24) is 20.2 Å². The van der Waals surface area contributed by atoms with Crippen molar-refractivity contribution < 1.29 is 0 Å². The molecule has 0 saturated carbocycles. The zero-order valence-electron chi connectivity index (χ0n) is 11.1. The normalized spacial score (nSPS) is 13.6. The van der Waals surface area contributed by atoms with Gasteiger partial charge in [0.15, 0.2) is 5.65 Å². The molecular formula is C15H15N5. The largest absolute Gasteiger partial charge is 0.365 e. The van der Waals surface area contributed by atoms with E-state index in [0.717, 1.165) is 23.4 Å². The minimum Gasteiger partial charge on any atom is -0.365 e. The van der Waals surface area contributed by atoms with Gasteiger partial charge in [-0.2, -0.15) is 5.10 Å². The highest BCUT2D eigenvalue weighted by atomic mass is 15.2. The maximum Gasteiger partial charge on any atom is 0.160 e. The Labute approximate surface area is 116 Å². The van der Waals surface area contributed by atoms with Crippen LogP contribution >= 0.6 is 0 Å². The Morgan fingerprint density at radius 1 is 1.15 bits per heavy atom. The summed E-state index contributed by atoms with van der Waals surface area (Å²) in [6, 6.07) is 6.76. The summed E-state index contributed by atoms with van der Waals surface area (Å²) in [5.41, 5.74) is 5.06. The molecule has 0 radical (unpaired) electrons. The van der Waals surface area contributed by atoms with E-state index >= 15 is 0 Å². The maximum absolute atomic E-state index is 4.28. The van der Waals surface area contributed by atoms with Crippen molar-refractivity contribution in [3.05, 3.63) is 47.4 Å². The van der Waals surface area contributed by atoms with Crippen LogP contribution in [-0.2, 0) is 19.4 Å². The van der Waals surface area contributed by atoms with Crippen LogP contribution in [-0.4, -0.2) is 20.2 Å². The van der Waals surface area contributed by atoms with E-state index in [9.17, 15) is 0 Å². The molecular weight excluding hydrogens is 250 g/mol. The van der Waals surface area contributed by atoms with E-state index in [1.807, 2.05) is 0 Å². The average molecular weight is 265 g/mol. The lowest BCUT2D eigenvalue weighted by Crippen LogP contribution is -2.02. The molecule has 2 heterocycles. The highest BCUT2D eigenvalue weighted by molar-refractivity contribution is 5.85. The van der Waals surface area contributed by atoms with Gasteiger partial charge in [0, 0.05) is 6.54 Å². The Balaban J connectivity index is 1.57. The predicted molar refractivity (Wildman–Crippen MR) is 77.5 cm³/mol. The second-order valence-electron chi connectivity index (χ2n) is 5.16. The van der Waals surface area contributed by atoms with Gasteiger partial charge in [-0.25, -0.2) is 9.97 Å². The monoisotopic (exact) mass is 265 g/mol. The number of hydrogen-bond acceptors (Lipinski definition) is 4. The van der Waals surface area contributed by atoms with Gasteiger partial charge in [-0.3, -0.25) is 5.10 Å². The Bertz CT molecular complexity index is 762. The molecule has 0 atom stereocenters. The fourth-order valence-corrected chi connectivity index (χ4v) is 2.83. The van der Waals surface area contributed by atoms with E-state index < -0.39 is 0 Å². The molecule has 0 spiro atoms. The summed E-state index contributed by atoms with van der Waals surface area (Å²) in [5.74, 6) is 0.823. The van der Waals surface area contributed by atoms with Gasteiger partial charge in [-0.15, -0.1) is 0 Å². The summed E-state index contributed by atoms with van der Waals surface area (Å²) in [6.07, 6.45) is 7.02. The Kier molecular flexibility index (Phi) is 2.62. The van der Waals surface area contributed by atoms with Crippen LogP contribution in [0.2, 0.25) is 0 Å². The van der Waals surface area contributed by atoms with Gasteiger partial charge in [0.05, 0.1) is 11.6 Å². The quantitative estimate of drug-likeness (QED) is 0.763. The number of rotatable bonds is 3. The zero-order valence-corrected chi connectivity index (χ0v) is 11.1. The molecule has 0 unspecified atom stereocenters. The molecule has 0 aliphatic heterocycles. The van der Waals surface area contributed by atoms with Crippen LogP contribution in [0, 0.1) is 0 Å². The number of aromatic amines is 1. The topological polar surface area (TPSA) is 66.5 Å². The Hall–Kier alpha value is -2.43. The predicted octanol–water partition coefficient (Wildman–Crippen LogP) is 2.45. The van der Waals surface area contributed by atoms with Gasteiger partial charge in [0.2, 0.25) is 0 Å². The van der Waals surface area contributed by atoms with Crippen molar-refractivity contribution in [1.29, 1.82) is 0 Å². The standard InChI is InChI=1S/C15H15N5/c1-2-11-5-4-10(6-12(11)3-1)7-16-14-13-8-19-20-15(13)18-9-17-14/h4-6,8-9H,1-3,7H2,(H2,16,17,18,19,20). The number of anilines is 1. The Morgan fingerprint density at radius 3 is 3.10 bits per heavy atom. The van der Waals surface area contributed by atoms with Crippen LogP contribution in [0.4, 0.5) is 5.82 Å². The van der Waals surface area contributed by atoms with Crippen LogP contribution in [0.3, 0.4) is 0 Å². The number of aromatic nitrogens is 4. The third kappa shape index (κ3) is 1.91. The van der Waals surface area contributed by atoms with E-state index in [1.165, 1.54) is 36.0 Å². The van der Waals surface area contributed by atoms with Gasteiger partial charge >= 0.3 is 0 Å². The molecule has 3 aromatic rings. The fourth-order valence-electron chi connectivity index (χ4n) is 2.83. The number of fused-ring (bicyclic) bond motifs is 2. The van der Waals surface area contributed by atoms with E-state index in [-0.39, 0.29) is 0 Å². The molecule has 4 rings (SSSR count). The first-order valence-electron chi connectivity index (χ1n) is 6.89. The molecule has 0 saturated heterocycles. The molecule has 0 fully saturated rings. The van der Waals surface area contributed by atoms with Crippen LogP contribution in [0.5, 0.6) is 0 Å². The van der Waals surface area contributed by atoms with E-state index in [2.05, 4.69) is 43.7 Å². The SMILES string of the molecule is c1nc(NCc2ccc3c(c2)CCC3)c2cn[nH]c2n1. The summed E-state index contributed by atoms with van der Waals surface area (Å²) < 4.78 is 0. The minimum atomic E-state index is 0.761. The number of aryl methyl sites for hydroxylation is 2. The highest BCUT2D eigenvalue weighted by Crippen LogP contribution is 2.23. The summed E-state index contributed by atoms with van der Waals surface area (Å²) in [5, 5.41) is 11.1. The van der Waals surface area contributed by atoms with Crippen molar-refractivity contribution in [3.63, 3.8) is 0 Å². The second-order valence-corrected chi connectivity index (χ2v) is 5.16. The molecule has 1 aliphatic rings. The smallest absolute Gasteiger partial charge is 0.160 e. The summed E-state index contributed by atoms with van der Waals surface area (Å²) >= 11 is 0. The van der Waals surface area contributed by atoms with Gasteiger partial charge < -0.3 is 5.32 Å². The average Bonchev–Trinajstić information content (AvgIpc) is 3.13. The van der Waals surface area contributed by atoms with Crippen LogP contribution in [0.25, 0.3) is 11.0 Å². The van der Waals surface area contributed by atoms with Gasteiger partial charge in [0.1, 0.15) is 12.1 Å². The maximum atomic E-state index is 4.28. The summed E-state index contributed by atoms with van der Waals surface area (Å²) in [6.45, 7) is 0.768. The van der Waals surface area contributed by atoms with Crippen molar-refractivity contribution in [3.8, 4) is 0 Å². The number of hydrogen-bond donors (Lipinski definition) is 2. The van der Waals surface area contributed by atoms with Crippen LogP contribution in [0.15, 0.2) is 30.7 Å². The minimum absolute atomic E-state index is 0.761. The van der Waals surface area contributed by atoms with E-state index in [0.29, 0.717) is 0 Å². The van der Waals surface area contributed by atoms with E-state index in [4.69, 9.17) is 0 Å². The second kappa shape index (κ2) is 4.59. The molecule has 2 aromatic heterocycles. The van der Waals surface area contributed by atoms with Crippen molar-refractivity contribution >= 4 is 16.9 Å². The van der Waals surface area contributed by atoms with Gasteiger partial charge in [0.25, 0.3) is 0 Å². The molecule has 0 bridgehead atoms. The third-order valence-electron chi connectivity index (χ3n) is 3.87. The first-order chi connectivity index (χ1) is 9.90. The Morgan fingerprint density at radius 2 is 2.10 bits per heavy atom. The van der Waals surface area contributed by atoms with Gasteiger partial charge in [-0.05, 0) is 36.0 Å². The molecule has 5 nitrogen and oxygen atoms in total. The molecule has 2 N–H and O–H groups in total. The van der Waals surface area contributed by atoms with Gasteiger partial charge in [-0.1, -0.05) is 18.2 Å². The first kappa shape index (κ1) is 11.4. The lowest BCUT2D eigenvalue weighted by molar-refractivity contribution is 0.911. The summed E-state index contributed by atoms with van der Waals surface area (Å²) in [7, 11) is 0. The zero-order chi connectivity index (χ0) is 13.4. The van der Waals surface area contributed by atoms with Crippen molar-refractivity contribution in [2.24, 2.45) is 0 Å². The number of H-pyrrole nitrogens is 1. The van der Waals surface area contributed by atoms with Crippen LogP contribution in [0.1, 0.15) is 23.1 Å². The lowest BCUT2D eigenvalue weighted by Gasteiger charge is -2.08. The van der Waals surface area contributed by atoms with E-state index in [1.54, 1.807) is 12.5 Å². The molecule has 1 aliphatic carbocycles. The molecule has 5 heteroatoms. The lowest BCUT2D eigenvalue weighted by atomic mass is 10.1. The number of benzene rings is 1. The fraction of sp³-hybridized carbons (Fsp3) is 0.267. The molecule has 20 heavy (non-hydrogen) atoms. The summed E-state index contributed by atoms with van der Waals surface area (Å²) in [4.78, 5) is 8.42. The molecule has 0 amide bonds. The first-order valence-corrected chi connectivity index (χ1v) is 6.89. The third-order valence-corrected chi connectivity index (χ3v) is 3.87. The number of nitrogens with one attached hydrogen (secondary N) is 2. The van der Waals surface area contributed by atoms with Crippen LogP contribution < -0.4 is 5.32 Å². The molecule has 100 valence electrons. The van der Waals surface area contributed by atoms with Crippen molar-refractivity contribution in [2.75, 3.05) is 5.32 Å². The van der Waals surface area contributed by atoms with Crippen molar-refractivity contribution in [2.45, 2.75) is 25.8 Å². The molecule has 1 aromatic carbocycles. The highest BCUT2D eigenvalue weighted by Gasteiger charge is 2.11. The number of nitrogens with zero attached hydrogens (tertiary/aromatic N) is 3.